The first-order valence-corrected chi connectivity index (χ1v) is 13.0. The largest absolute Gasteiger partial charge is 0.494 e. The van der Waals surface area contributed by atoms with Crippen LogP contribution in [0.4, 0.5) is 0 Å². The lowest BCUT2D eigenvalue weighted by Crippen LogP contribution is -2.35. The Morgan fingerprint density at radius 2 is 2.00 bits per heavy atom. The summed E-state index contributed by atoms with van der Waals surface area (Å²) < 4.78 is 7.58. The van der Waals surface area contributed by atoms with Crippen molar-refractivity contribution in [1.29, 1.82) is 0 Å². The van der Waals surface area contributed by atoms with Crippen LogP contribution in [-0.4, -0.2) is 36.7 Å². The fourth-order valence-electron chi connectivity index (χ4n) is 4.33. The van der Waals surface area contributed by atoms with Gasteiger partial charge in [-0.1, -0.05) is 19.4 Å². The molecule has 0 bridgehead atoms. The molecule has 1 N–H and O–H groups in total. The second-order valence-corrected chi connectivity index (χ2v) is 10.7. The lowest BCUT2D eigenvalue weighted by atomic mass is 10.0. The molecular formula is C26H34N6O2S. The van der Waals surface area contributed by atoms with Crippen molar-refractivity contribution in [2.24, 2.45) is 0 Å². The smallest absolute Gasteiger partial charge is 0.252 e. The van der Waals surface area contributed by atoms with Gasteiger partial charge >= 0.3 is 0 Å². The van der Waals surface area contributed by atoms with E-state index in [1.807, 2.05) is 35.9 Å². The van der Waals surface area contributed by atoms with E-state index in [4.69, 9.17) is 4.74 Å². The van der Waals surface area contributed by atoms with Crippen LogP contribution >= 0.6 is 11.3 Å². The monoisotopic (exact) mass is 494 g/mol. The minimum absolute atomic E-state index is 0.0406. The number of rotatable bonds is 10. The Hall–Kier alpha value is -3.04. The maximum atomic E-state index is 13.1. The van der Waals surface area contributed by atoms with E-state index in [2.05, 4.69) is 70.6 Å². The molecule has 0 aliphatic carbocycles. The van der Waals surface area contributed by atoms with Crippen molar-refractivity contribution in [2.75, 3.05) is 6.61 Å². The second-order valence-electron chi connectivity index (χ2n) is 9.71. The molecule has 0 saturated heterocycles. The van der Waals surface area contributed by atoms with Crippen molar-refractivity contribution >= 4 is 22.2 Å². The summed E-state index contributed by atoms with van der Waals surface area (Å²) in [6.07, 6.45) is 1.84. The molecule has 0 radical (unpaired) electrons. The van der Waals surface area contributed by atoms with E-state index in [1.54, 1.807) is 11.3 Å². The maximum Gasteiger partial charge on any atom is 0.252 e. The number of benzene rings is 1. The van der Waals surface area contributed by atoms with Crippen molar-refractivity contribution < 1.29 is 4.74 Å². The third-order valence-corrected chi connectivity index (χ3v) is 6.81. The number of hydrogen-bond donors (Lipinski definition) is 1. The van der Waals surface area contributed by atoms with Crippen molar-refractivity contribution in [3.63, 3.8) is 0 Å². The SMILES string of the molecule is CCC[C@@H](c1nnnn1C(C)(C)C)N(Cc1cccs1)Cc1cc2cc(OCC)ccc2[nH]c1=O. The number of aromatic amines is 1. The summed E-state index contributed by atoms with van der Waals surface area (Å²) in [5, 5.41) is 15.8. The van der Waals surface area contributed by atoms with Crippen molar-refractivity contribution in [1.82, 2.24) is 30.1 Å². The van der Waals surface area contributed by atoms with Crippen molar-refractivity contribution in [3.05, 3.63) is 68.4 Å². The van der Waals surface area contributed by atoms with Crippen LogP contribution in [0.15, 0.2) is 46.6 Å². The quantitative estimate of drug-likeness (QED) is 0.323. The fourth-order valence-corrected chi connectivity index (χ4v) is 5.06. The van der Waals surface area contributed by atoms with Gasteiger partial charge in [0.05, 0.1) is 18.2 Å². The van der Waals surface area contributed by atoms with Crippen LogP contribution in [0.1, 0.15) is 69.8 Å². The Kier molecular flexibility index (Phi) is 7.66. The summed E-state index contributed by atoms with van der Waals surface area (Å²) in [6, 6.07) is 11.9. The molecule has 4 aromatic rings. The Bertz CT molecular complexity index is 1310. The topological polar surface area (TPSA) is 88.9 Å². The van der Waals surface area contributed by atoms with E-state index in [9.17, 15) is 4.79 Å². The van der Waals surface area contributed by atoms with E-state index < -0.39 is 0 Å². The third kappa shape index (κ3) is 5.79. The third-order valence-electron chi connectivity index (χ3n) is 5.95. The highest BCUT2D eigenvalue weighted by molar-refractivity contribution is 7.09. The Labute approximate surface area is 209 Å². The molecule has 9 heteroatoms. The average molecular weight is 495 g/mol. The number of thiophene rings is 1. The molecule has 1 atom stereocenters. The number of tetrazole rings is 1. The molecule has 0 unspecified atom stereocenters. The summed E-state index contributed by atoms with van der Waals surface area (Å²) in [4.78, 5) is 19.7. The molecule has 3 aromatic heterocycles. The van der Waals surface area contributed by atoms with Crippen molar-refractivity contribution in [3.8, 4) is 5.75 Å². The Morgan fingerprint density at radius 1 is 1.17 bits per heavy atom. The van der Waals surface area contributed by atoms with E-state index >= 15 is 0 Å². The molecule has 0 aliphatic rings. The average Bonchev–Trinajstić information content (AvgIpc) is 3.50. The number of hydrogen-bond acceptors (Lipinski definition) is 7. The first-order chi connectivity index (χ1) is 16.8. The highest BCUT2D eigenvalue weighted by Crippen LogP contribution is 2.31. The number of nitrogens with one attached hydrogen (secondary N) is 1. The van der Waals surface area contributed by atoms with E-state index in [0.29, 0.717) is 25.3 Å². The molecule has 0 saturated carbocycles. The van der Waals surface area contributed by atoms with Gasteiger partial charge in [0.25, 0.3) is 5.56 Å². The summed E-state index contributed by atoms with van der Waals surface area (Å²) in [7, 11) is 0. The van der Waals surface area contributed by atoms with E-state index in [1.165, 1.54) is 4.88 Å². The van der Waals surface area contributed by atoms with Crippen LogP contribution in [0.5, 0.6) is 5.75 Å². The van der Waals surface area contributed by atoms with E-state index in [0.717, 1.165) is 35.3 Å². The van der Waals surface area contributed by atoms with Gasteiger partial charge in [-0.3, -0.25) is 9.69 Å². The highest BCUT2D eigenvalue weighted by Gasteiger charge is 2.30. The molecule has 1 aromatic carbocycles. The molecule has 0 fully saturated rings. The van der Waals surface area contributed by atoms with Gasteiger partial charge in [-0.05, 0) is 80.3 Å². The number of aromatic nitrogens is 5. The van der Waals surface area contributed by atoms with Gasteiger partial charge in [0, 0.05) is 34.4 Å². The Balaban J connectivity index is 1.76. The number of pyridine rings is 1. The second kappa shape index (κ2) is 10.7. The summed E-state index contributed by atoms with van der Waals surface area (Å²) in [5.41, 5.74) is 1.17. The van der Waals surface area contributed by atoms with Gasteiger partial charge in [0.15, 0.2) is 5.82 Å². The standard InChI is InChI=1S/C26H34N6O2S/c1-6-9-23(24-28-29-30-32(24)26(3,4)5)31(17-21-10-8-13-35-21)16-19-14-18-15-20(34-7-2)11-12-22(18)27-25(19)33/h8,10-15,23H,6-7,9,16-17H2,1-5H3,(H,27,33)/t23-/m0/s1. The normalized spacial score (nSPS) is 13.0. The zero-order chi connectivity index (χ0) is 25.0. The van der Waals surface area contributed by atoms with Crippen LogP contribution in [0.25, 0.3) is 10.9 Å². The summed E-state index contributed by atoms with van der Waals surface area (Å²) >= 11 is 1.72. The molecule has 0 amide bonds. The predicted octanol–water partition coefficient (Wildman–Crippen LogP) is 5.27. The van der Waals surface area contributed by atoms with Gasteiger partial charge in [-0.25, -0.2) is 4.68 Å². The fraction of sp³-hybridized carbons (Fsp3) is 0.462. The maximum absolute atomic E-state index is 13.1. The minimum Gasteiger partial charge on any atom is -0.494 e. The molecule has 4 rings (SSSR count). The number of H-pyrrole nitrogens is 1. The lowest BCUT2D eigenvalue weighted by molar-refractivity contribution is 0.150. The van der Waals surface area contributed by atoms with Crippen LogP contribution in [-0.2, 0) is 18.6 Å². The molecule has 0 spiro atoms. The van der Waals surface area contributed by atoms with E-state index in [-0.39, 0.29) is 17.1 Å². The zero-order valence-electron chi connectivity index (χ0n) is 21.1. The first-order valence-electron chi connectivity index (χ1n) is 12.1. The number of fused-ring (bicyclic) bond motifs is 1. The Morgan fingerprint density at radius 3 is 2.69 bits per heavy atom. The zero-order valence-corrected chi connectivity index (χ0v) is 21.9. The highest BCUT2D eigenvalue weighted by atomic mass is 32.1. The lowest BCUT2D eigenvalue weighted by Gasteiger charge is -2.32. The predicted molar refractivity (Wildman–Crippen MR) is 140 cm³/mol. The van der Waals surface area contributed by atoms with Gasteiger partial charge in [0.1, 0.15) is 5.75 Å². The van der Waals surface area contributed by atoms with Crippen LogP contribution in [0.2, 0.25) is 0 Å². The summed E-state index contributed by atoms with van der Waals surface area (Å²) in [6.45, 7) is 12.2. The molecule has 8 nitrogen and oxygen atoms in total. The number of nitrogens with zero attached hydrogens (tertiary/aromatic N) is 5. The molecular weight excluding hydrogens is 460 g/mol. The molecule has 3 heterocycles. The summed E-state index contributed by atoms with van der Waals surface area (Å²) in [5.74, 6) is 1.62. The van der Waals surface area contributed by atoms with Crippen LogP contribution in [0, 0.1) is 0 Å². The molecule has 35 heavy (non-hydrogen) atoms. The van der Waals surface area contributed by atoms with Gasteiger partial charge < -0.3 is 9.72 Å². The minimum atomic E-state index is -0.254. The van der Waals surface area contributed by atoms with Gasteiger partial charge in [-0.2, -0.15) is 0 Å². The molecule has 0 aliphatic heterocycles. The molecule has 186 valence electrons. The van der Waals surface area contributed by atoms with Gasteiger partial charge in [0.2, 0.25) is 0 Å². The van der Waals surface area contributed by atoms with Crippen LogP contribution < -0.4 is 10.3 Å². The number of ether oxygens (including phenoxy) is 1. The van der Waals surface area contributed by atoms with Gasteiger partial charge in [-0.15, -0.1) is 16.4 Å². The first kappa shape index (κ1) is 25.1. The van der Waals surface area contributed by atoms with Crippen LogP contribution in [0.3, 0.4) is 0 Å². The van der Waals surface area contributed by atoms with Crippen molar-refractivity contribution in [2.45, 2.75) is 72.1 Å².